The molecule has 0 unspecified atom stereocenters. The topological polar surface area (TPSA) is 120 Å². The van der Waals surface area contributed by atoms with Crippen LogP contribution in [0.25, 0.3) is 11.1 Å². The van der Waals surface area contributed by atoms with Crippen molar-refractivity contribution in [3.63, 3.8) is 0 Å². The lowest BCUT2D eigenvalue weighted by Gasteiger charge is -2.10. The highest BCUT2D eigenvalue weighted by molar-refractivity contribution is 5.73. The highest BCUT2D eigenvalue weighted by atomic mass is 16.5. The van der Waals surface area contributed by atoms with Gasteiger partial charge in [0.25, 0.3) is 0 Å². The van der Waals surface area contributed by atoms with E-state index in [2.05, 4.69) is 20.7 Å². The van der Waals surface area contributed by atoms with Crippen LogP contribution in [-0.4, -0.2) is 20.9 Å². The van der Waals surface area contributed by atoms with E-state index in [1.807, 2.05) is 36.4 Å². The molecule has 0 fully saturated rings. The predicted octanol–water partition coefficient (Wildman–Crippen LogP) is 3.31. The van der Waals surface area contributed by atoms with Crippen LogP contribution in [0, 0.1) is 0 Å². The number of hydrogen-bond donors (Lipinski definition) is 2. The van der Waals surface area contributed by atoms with Gasteiger partial charge in [-0.3, -0.25) is 0 Å². The van der Waals surface area contributed by atoms with Gasteiger partial charge in [-0.25, -0.2) is 0 Å². The maximum absolute atomic E-state index is 5.79. The minimum absolute atomic E-state index is 0.417. The van der Waals surface area contributed by atoms with Crippen molar-refractivity contribution in [2.24, 2.45) is 20.7 Å². The van der Waals surface area contributed by atoms with Gasteiger partial charge in [0.1, 0.15) is 11.5 Å². The van der Waals surface area contributed by atoms with Crippen molar-refractivity contribution in [3.8, 4) is 22.6 Å². The number of anilines is 2. The second-order valence-corrected chi connectivity index (χ2v) is 4.52. The van der Waals surface area contributed by atoms with E-state index >= 15 is 0 Å². The van der Waals surface area contributed by atoms with Crippen molar-refractivity contribution in [2.45, 2.75) is 0 Å². The molecule has 0 bridgehead atoms. The number of methoxy groups -OCH3 is 2. The molecule has 8 nitrogen and oxygen atoms in total. The highest BCUT2D eigenvalue weighted by Crippen LogP contribution is 2.32. The molecule has 0 spiro atoms. The summed E-state index contributed by atoms with van der Waals surface area (Å²) in [5, 5.41) is 13.1. The van der Waals surface area contributed by atoms with Gasteiger partial charge in [0, 0.05) is 0 Å². The monoisotopic (exact) mass is 314 g/mol. The van der Waals surface area contributed by atoms with E-state index in [0.717, 1.165) is 11.1 Å². The Morgan fingerprint density at radius 3 is 1.52 bits per heavy atom. The molecule has 1 aliphatic rings. The van der Waals surface area contributed by atoms with Crippen molar-refractivity contribution in [1.82, 2.24) is 0 Å². The quantitative estimate of drug-likeness (QED) is 0.844. The lowest BCUT2D eigenvalue weighted by molar-refractivity contribution is 0.416. The summed E-state index contributed by atoms with van der Waals surface area (Å²) in [7, 11) is 3.19. The summed E-state index contributed by atoms with van der Waals surface area (Å²) < 4.78 is 10.4. The summed E-state index contributed by atoms with van der Waals surface area (Å²) in [4.78, 5) is 0. The molecule has 0 aromatic heterocycles. The second kappa shape index (κ2) is 7.74. The van der Waals surface area contributed by atoms with Crippen LogP contribution >= 0.6 is 0 Å². The molecule has 23 heavy (non-hydrogen) atoms. The Bertz CT molecular complexity index is 668. The molecule has 0 radical (unpaired) electrons. The Morgan fingerprint density at radius 2 is 1.22 bits per heavy atom. The molecule has 3 rings (SSSR count). The summed E-state index contributed by atoms with van der Waals surface area (Å²) >= 11 is 0. The van der Waals surface area contributed by atoms with Gasteiger partial charge >= 0.3 is 0 Å². The third kappa shape index (κ3) is 4.16. The number of nitrogens with two attached hydrogens (primary N) is 2. The average Bonchev–Trinajstić information content (AvgIpc) is 3.16. The molecule has 0 saturated carbocycles. The van der Waals surface area contributed by atoms with Crippen LogP contribution < -0.4 is 20.9 Å². The Balaban J connectivity index is 0.000000326. The molecule has 120 valence electrons. The number of ether oxygens (including phenoxy) is 2. The third-order valence-corrected chi connectivity index (χ3v) is 3.09. The third-order valence-electron chi connectivity index (χ3n) is 3.09. The molecule has 0 amide bonds. The van der Waals surface area contributed by atoms with Gasteiger partial charge in [-0.1, -0.05) is 12.1 Å². The molecule has 0 atom stereocenters. The number of nitrogen functional groups attached to an aromatic ring is 2. The minimum Gasteiger partial charge on any atom is -0.495 e. The van der Waals surface area contributed by atoms with Crippen LogP contribution in [0.15, 0.2) is 57.1 Å². The van der Waals surface area contributed by atoms with E-state index in [1.165, 1.54) is 0 Å². The average molecular weight is 314 g/mol. The van der Waals surface area contributed by atoms with E-state index in [1.54, 1.807) is 14.2 Å². The zero-order valence-corrected chi connectivity index (χ0v) is 12.9. The van der Waals surface area contributed by atoms with Gasteiger partial charge in [0.2, 0.25) is 0 Å². The summed E-state index contributed by atoms with van der Waals surface area (Å²) in [5.74, 6) is 1.31. The van der Waals surface area contributed by atoms with Crippen molar-refractivity contribution in [3.05, 3.63) is 36.4 Å². The Kier molecular flexibility index (Phi) is 5.45. The summed E-state index contributed by atoms with van der Waals surface area (Å²) in [6.07, 6.45) is 0. The molecule has 0 aliphatic carbocycles. The first-order valence-corrected chi connectivity index (χ1v) is 6.76. The number of hydrogen-bond acceptors (Lipinski definition) is 8. The summed E-state index contributed by atoms with van der Waals surface area (Å²) in [6.45, 7) is 0.417. The van der Waals surface area contributed by atoms with Gasteiger partial charge in [0.15, 0.2) is 6.67 Å². The van der Waals surface area contributed by atoms with E-state index in [4.69, 9.17) is 20.9 Å². The van der Waals surface area contributed by atoms with Crippen LogP contribution in [0.2, 0.25) is 0 Å². The zero-order chi connectivity index (χ0) is 16.7. The molecular weight excluding hydrogens is 296 g/mol. The molecule has 4 N–H and O–H groups in total. The number of nitrogens with zero attached hydrogens (tertiary/aromatic N) is 4. The fourth-order valence-electron chi connectivity index (χ4n) is 1.92. The molecule has 0 saturated heterocycles. The van der Waals surface area contributed by atoms with Crippen LogP contribution in [0.1, 0.15) is 0 Å². The van der Waals surface area contributed by atoms with Gasteiger partial charge in [-0.2, -0.15) is 0 Å². The van der Waals surface area contributed by atoms with Crippen molar-refractivity contribution < 1.29 is 9.47 Å². The molecule has 1 heterocycles. The van der Waals surface area contributed by atoms with Gasteiger partial charge < -0.3 is 20.9 Å². The lowest BCUT2D eigenvalue weighted by atomic mass is 10.0. The van der Waals surface area contributed by atoms with E-state index in [-0.39, 0.29) is 0 Å². The molecule has 1 aliphatic heterocycles. The Hall–Kier alpha value is -3.16. The van der Waals surface area contributed by atoms with E-state index < -0.39 is 0 Å². The summed E-state index contributed by atoms with van der Waals surface area (Å²) in [5.41, 5.74) is 14.8. The number of benzene rings is 2. The fourth-order valence-corrected chi connectivity index (χ4v) is 1.92. The molecular formula is C15H18N6O2. The molecule has 2 aromatic carbocycles. The SMILES string of the molecule is C1N=NN=N1.COc1cc(-c2ccc(N)c(OC)c2)ccc1N. The molecule has 8 heteroatoms. The first kappa shape index (κ1) is 16.2. The Morgan fingerprint density at radius 1 is 0.783 bits per heavy atom. The zero-order valence-electron chi connectivity index (χ0n) is 12.9. The van der Waals surface area contributed by atoms with Crippen molar-refractivity contribution in [1.29, 1.82) is 0 Å². The van der Waals surface area contributed by atoms with Gasteiger partial charge in [-0.05, 0) is 45.8 Å². The smallest absolute Gasteiger partial charge is 0.175 e. The fraction of sp³-hybridized carbons (Fsp3) is 0.200. The van der Waals surface area contributed by atoms with Crippen molar-refractivity contribution >= 4 is 11.4 Å². The maximum atomic E-state index is 5.79. The van der Waals surface area contributed by atoms with Crippen molar-refractivity contribution in [2.75, 3.05) is 32.4 Å². The number of rotatable bonds is 3. The van der Waals surface area contributed by atoms with E-state index in [0.29, 0.717) is 29.5 Å². The Labute approximate surface area is 133 Å². The highest BCUT2D eigenvalue weighted by Gasteiger charge is 2.06. The molecule has 2 aromatic rings. The predicted molar refractivity (Wildman–Crippen MR) is 88.4 cm³/mol. The second-order valence-electron chi connectivity index (χ2n) is 4.52. The van der Waals surface area contributed by atoms with Crippen LogP contribution in [0.5, 0.6) is 11.5 Å². The van der Waals surface area contributed by atoms with E-state index in [9.17, 15) is 0 Å². The largest absolute Gasteiger partial charge is 0.495 e. The summed E-state index contributed by atoms with van der Waals surface area (Å²) in [6, 6.07) is 11.3. The first-order valence-electron chi connectivity index (χ1n) is 6.76. The minimum atomic E-state index is 0.417. The van der Waals surface area contributed by atoms with Crippen LogP contribution in [-0.2, 0) is 0 Å². The van der Waals surface area contributed by atoms with Crippen LogP contribution in [0.3, 0.4) is 0 Å². The van der Waals surface area contributed by atoms with Gasteiger partial charge in [0.05, 0.1) is 25.6 Å². The standard InChI is InChI=1S/C14H16N2O2.CH2N4/c1-17-13-7-9(3-5-11(13)15)10-4-6-12(16)14(8-10)18-2;1-2-4-5-3-1/h3-8H,15-16H2,1-2H3;1H2. The lowest BCUT2D eigenvalue weighted by Crippen LogP contribution is -1.94. The normalized spacial score (nSPS) is 11.7. The maximum Gasteiger partial charge on any atom is 0.175 e. The first-order chi connectivity index (χ1) is 11.2. The van der Waals surface area contributed by atoms with Crippen LogP contribution in [0.4, 0.5) is 11.4 Å². The van der Waals surface area contributed by atoms with Gasteiger partial charge in [-0.15, -0.1) is 10.2 Å².